The van der Waals surface area contributed by atoms with E-state index in [0.717, 1.165) is 21.8 Å². The number of halogens is 1. The lowest BCUT2D eigenvalue weighted by molar-refractivity contribution is 0.226. The summed E-state index contributed by atoms with van der Waals surface area (Å²) in [7, 11) is 0. The van der Waals surface area contributed by atoms with Gasteiger partial charge in [-0.15, -0.1) is 0 Å². The molecule has 0 spiro atoms. The highest BCUT2D eigenvalue weighted by atomic mass is 35.5. The molecule has 0 radical (unpaired) electrons. The molecule has 4 heteroatoms. The Kier molecular flexibility index (Phi) is 2.61. The van der Waals surface area contributed by atoms with Gasteiger partial charge in [0.05, 0.1) is 11.0 Å². The van der Waals surface area contributed by atoms with Crippen molar-refractivity contribution in [2.45, 2.75) is 0 Å². The van der Waals surface area contributed by atoms with Crippen molar-refractivity contribution in [1.29, 1.82) is 0 Å². The summed E-state index contributed by atoms with van der Waals surface area (Å²) in [5.74, 6) is 0.455. The predicted molar refractivity (Wildman–Crippen MR) is 71.1 cm³/mol. The zero-order valence-corrected chi connectivity index (χ0v) is 10.0. The van der Waals surface area contributed by atoms with Gasteiger partial charge in [0.1, 0.15) is 0 Å². The van der Waals surface area contributed by atoms with E-state index in [1.807, 2.05) is 48.5 Å². The lowest BCUT2D eigenvalue weighted by Gasteiger charge is -2.08. The standard InChI is InChI=1S/C14H8ClNO2/c15-14(17)18-13-9-5-1-3-7-11(9)16-12-8-4-2-6-10(12)13/h1-8H. The molecule has 0 amide bonds. The van der Waals surface area contributed by atoms with Crippen LogP contribution in [0.2, 0.25) is 0 Å². The summed E-state index contributed by atoms with van der Waals surface area (Å²) in [6, 6.07) is 14.9. The Hall–Kier alpha value is -2.13. The third-order valence-corrected chi connectivity index (χ3v) is 2.80. The number of fused-ring (bicyclic) bond motifs is 2. The van der Waals surface area contributed by atoms with Gasteiger partial charge in [-0.25, -0.2) is 9.78 Å². The van der Waals surface area contributed by atoms with E-state index in [1.54, 1.807) is 0 Å². The van der Waals surface area contributed by atoms with Gasteiger partial charge in [-0.05, 0) is 24.3 Å². The first kappa shape index (κ1) is 11.0. The molecular weight excluding hydrogens is 250 g/mol. The summed E-state index contributed by atoms with van der Waals surface area (Å²) >= 11 is 5.33. The summed E-state index contributed by atoms with van der Waals surface area (Å²) in [4.78, 5) is 15.5. The molecule has 0 aliphatic heterocycles. The van der Waals surface area contributed by atoms with Gasteiger partial charge in [0.2, 0.25) is 0 Å². The highest BCUT2D eigenvalue weighted by Gasteiger charge is 2.11. The van der Waals surface area contributed by atoms with E-state index in [1.165, 1.54) is 0 Å². The van der Waals surface area contributed by atoms with E-state index in [4.69, 9.17) is 16.3 Å². The zero-order valence-electron chi connectivity index (χ0n) is 9.26. The maximum Gasteiger partial charge on any atom is 0.409 e. The minimum atomic E-state index is -0.850. The van der Waals surface area contributed by atoms with Crippen LogP contribution < -0.4 is 4.74 Å². The fourth-order valence-electron chi connectivity index (χ4n) is 1.99. The van der Waals surface area contributed by atoms with E-state index in [-0.39, 0.29) is 0 Å². The Morgan fingerprint density at radius 1 is 0.944 bits per heavy atom. The highest BCUT2D eigenvalue weighted by Crippen LogP contribution is 2.33. The Labute approximate surface area is 108 Å². The van der Waals surface area contributed by atoms with E-state index < -0.39 is 5.43 Å². The normalized spacial score (nSPS) is 10.7. The average Bonchev–Trinajstić information content (AvgIpc) is 2.38. The van der Waals surface area contributed by atoms with E-state index >= 15 is 0 Å². The fourth-order valence-corrected chi connectivity index (χ4v) is 2.07. The van der Waals surface area contributed by atoms with Crippen LogP contribution in [0.15, 0.2) is 48.5 Å². The second kappa shape index (κ2) is 4.27. The number of carbonyl (C=O) groups is 1. The lowest BCUT2D eigenvalue weighted by Crippen LogP contribution is -1.98. The fraction of sp³-hybridized carbons (Fsp3) is 0. The Morgan fingerprint density at radius 3 is 1.94 bits per heavy atom. The van der Waals surface area contributed by atoms with Crippen LogP contribution in [-0.2, 0) is 0 Å². The first-order valence-electron chi connectivity index (χ1n) is 5.40. The summed E-state index contributed by atoms with van der Waals surface area (Å²) in [5.41, 5.74) is 0.685. The molecule has 0 N–H and O–H groups in total. The van der Waals surface area contributed by atoms with Crippen LogP contribution >= 0.6 is 11.6 Å². The largest absolute Gasteiger partial charge is 0.413 e. The maximum absolute atomic E-state index is 11.0. The van der Waals surface area contributed by atoms with Gasteiger partial charge in [-0.1, -0.05) is 24.3 Å². The van der Waals surface area contributed by atoms with Gasteiger partial charge in [-0.2, -0.15) is 0 Å². The predicted octanol–water partition coefficient (Wildman–Crippen LogP) is 4.13. The van der Waals surface area contributed by atoms with Crippen molar-refractivity contribution in [2.24, 2.45) is 0 Å². The number of hydrogen-bond donors (Lipinski definition) is 0. The van der Waals surface area contributed by atoms with Gasteiger partial charge in [0, 0.05) is 22.4 Å². The molecule has 0 fully saturated rings. The number of nitrogens with zero attached hydrogens (tertiary/aromatic N) is 1. The van der Waals surface area contributed by atoms with Crippen LogP contribution in [0.3, 0.4) is 0 Å². The van der Waals surface area contributed by atoms with Crippen LogP contribution in [0.1, 0.15) is 0 Å². The van der Waals surface area contributed by atoms with Crippen LogP contribution in [0.5, 0.6) is 5.75 Å². The van der Waals surface area contributed by atoms with Gasteiger partial charge in [0.15, 0.2) is 5.75 Å². The SMILES string of the molecule is O=C(Cl)Oc1c2ccccc2nc2ccccc12. The summed E-state index contributed by atoms with van der Waals surface area (Å²) in [5, 5.41) is 1.54. The quantitative estimate of drug-likeness (QED) is 0.486. The summed E-state index contributed by atoms with van der Waals surface area (Å²) in [6.45, 7) is 0. The Bertz CT molecular complexity index is 701. The number of aromatic nitrogens is 1. The van der Waals surface area contributed by atoms with Crippen molar-refractivity contribution in [1.82, 2.24) is 4.98 Å². The minimum absolute atomic E-state index is 0.455. The number of rotatable bonds is 1. The first-order valence-corrected chi connectivity index (χ1v) is 5.78. The van der Waals surface area contributed by atoms with Crippen LogP contribution in [0.25, 0.3) is 21.8 Å². The van der Waals surface area contributed by atoms with E-state index in [9.17, 15) is 4.79 Å². The Balaban J connectivity index is 2.45. The van der Waals surface area contributed by atoms with Crippen molar-refractivity contribution in [2.75, 3.05) is 0 Å². The molecule has 3 rings (SSSR count). The van der Waals surface area contributed by atoms with Crippen molar-refractivity contribution in [3.63, 3.8) is 0 Å². The molecule has 18 heavy (non-hydrogen) atoms. The highest BCUT2D eigenvalue weighted by molar-refractivity contribution is 6.61. The van der Waals surface area contributed by atoms with Crippen LogP contribution in [0, 0.1) is 0 Å². The Morgan fingerprint density at radius 2 is 1.44 bits per heavy atom. The number of para-hydroxylation sites is 2. The maximum atomic E-state index is 11.0. The second-order valence-electron chi connectivity index (χ2n) is 3.81. The molecule has 1 heterocycles. The number of carbonyl (C=O) groups excluding carboxylic acids is 1. The van der Waals surface area contributed by atoms with Crippen LogP contribution in [-0.4, -0.2) is 10.4 Å². The monoisotopic (exact) mass is 257 g/mol. The minimum Gasteiger partial charge on any atom is -0.413 e. The van der Waals surface area contributed by atoms with Crippen molar-refractivity contribution in [3.8, 4) is 5.75 Å². The van der Waals surface area contributed by atoms with Crippen molar-refractivity contribution in [3.05, 3.63) is 48.5 Å². The molecule has 2 aromatic carbocycles. The lowest BCUT2D eigenvalue weighted by atomic mass is 10.1. The first-order chi connectivity index (χ1) is 8.75. The van der Waals surface area contributed by atoms with Gasteiger partial charge < -0.3 is 4.74 Å². The molecule has 0 saturated heterocycles. The van der Waals surface area contributed by atoms with Gasteiger partial charge in [0.25, 0.3) is 0 Å². The number of hydrogen-bond acceptors (Lipinski definition) is 3. The molecule has 0 unspecified atom stereocenters. The van der Waals surface area contributed by atoms with Gasteiger partial charge in [-0.3, -0.25) is 0 Å². The van der Waals surface area contributed by atoms with Gasteiger partial charge >= 0.3 is 5.43 Å². The molecule has 88 valence electrons. The molecule has 0 aliphatic carbocycles. The topological polar surface area (TPSA) is 39.2 Å². The third-order valence-electron chi connectivity index (χ3n) is 2.72. The average molecular weight is 258 g/mol. The van der Waals surface area contributed by atoms with E-state index in [2.05, 4.69) is 4.98 Å². The number of pyridine rings is 1. The van der Waals surface area contributed by atoms with Crippen molar-refractivity contribution >= 4 is 38.8 Å². The van der Waals surface area contributed by atoms with Crippen LogP contribution in [0.4, 0.5) is 4.79 Å². The number of benzene rings is 2. The van der Waals surface area contributed by atoms with E-state index in [0.29, 0.717) is 5.75 Å². The smallest absolute Gasteiger partial charge is 0.409 e. The molecule has 3 aromatic rings. The molecule has 0 aliphatic rings. The second-order valence-corrected chi connectivity index (χ2v) is 4.12. The molecule has 1 aromatic heterocycles. The summed E-state index contributed by atoms with van der Waals surface area (Å²) in [6.07, 6.45) is 0. The number of ether oxygens (including phenoxy) is 1. The molecule has 0 atom stereocenters. The summed E-state index contributed by atoms with van der Waals surface area (Å²) < 4.78 is 5.13. The van der Waals surface area contributed by atoms with Crippen molar-refractivity contribution < 1.29 is 9.53 Å². The molecule has 3 nitrogen and oxygen atoms in total. The molecular formula is C14H8ClNO2. The zero-order chi connectivity index (χ0) is 12.5. The third kappa shape index (κ3) is 1.79. The molecule has 0 saturated carbocycles. The molecule has 0 bridgehead atoms.